The van der Waals surface area contributed by atoms with Crippen LogP contribution in [0.3, 0.4) is 0 Å². The number of carbonyl (C=O) groups is 2. The summed E-state index contributed by atoms with van der Waals surface area (Å²) in [6, 6.07) is 7.98. The molecule has 0 aliphatic carbocycles. The van der Waals surface area contributed by atoms with Crippen LogP contribution >= 0.6 is 0 Å². The van der Waals surface area contributed by atoms with Crippen LogP contribution in [0, 0.1) is 6.92 Å². The maximum absolute atomic E-state index is 12.0. The Kier molecular flexibility index (Phi) is 2.26. The van der Waals surface area contributed by atoms with Gasteiger partial charge >= 0.3 is 5.91 Å². The number of rotatable bonds is 1. The van der Waals surface area contributed by atoms with Crippen molar-refractivity contribution in [3.63, 3.8) is 0 Å². The molecular weight excluding hydrogens is 216 g/mol. The molecule has 2 amide bonds. The summed E-state index contributed by atoms with van der Waals surface area (Å²) < 4.78 is 0. The second-order valence-electron chi connectivity index (χ2n) is 4.78. The van der Waals surface area contributed by atoms with Gasteiger partial charge in [-0.25, -0.2) is 9.69 Å². The zero-order chi connectivity index (χ0) is 12.0. The van der Waals surface area contributed by atoms with E-state index in [1.165, 1.54) is 5.56 Å². The molecule has 0 aromatic heterocycles. The zero-order valence-electron chi connectivity index (χ0n) is 9.77. The van der Waals surface area contributed by atoms with Gasteiger partial charge in [0.2, 0.25) is 5.91 Å². The number of nitrogens with zero attached hydrogens (tertiary/aromatic N) is 1. The first-order valence-electron chi connectivity index (χ1n) is 5.93. The van der Waals surface area contributed by atoms with Gasteiger partial charge in [0.15, 0.2) is 6.17 Å². The quantitative estimate of drug-likeness (QED) is 0.739. The van der Waals surface area contributed by atoms with Crippen LogP contribution in [-0.4, -0.2) is 29.4 Å². The van der Waals surface area contributed by atoms with Gasteiger partial charge in [0.25, 0.3) is 0 Å². The number of nitrogens with one attached hydrogen (secondary N) is 1. The van der Waals surface area contributed by atoms with Gasteiger partial charge in [-0.2, -0.15) is 0 Å². The van der Waals surface area contributed by atoms with Crippen molar-refractivity contribution in [1.29, 1.82) is 0 Å². The van der Waals surface area contributed by atoms with Crippen molar-refractivity contribution in [2.75, 3.05) is 6.54 Å². The van der Waals surface area contributed by atoms with E-state index in [0.29, 0.717) is 6.42 Å². The smallest absolute Gasteiger partial charge is 0.279 e. The lowest BCUT2D eigenvalue weighted by molar-refractivity contribution is -0.777. The third-order valence-corrected chi connectivity index (χ3v) is 3.64. The molecule has 3 rings (SSSR count). The van der Waals surface area contributed by atoms with Gasteiger partial charge in [-0.1, -0.05) is 17.7 Å². The number of fused-ring (bicyclic) bond motifs is 1. The number of carbonyl (C=O) groups excluding carboxylic acids is 2. The number of hydrogen-bond acceptors (Lipinski definition) is 2. The fraction of sp³-hybridized carbons (Fsp3) is 0.385. The summed E-state index contributed by atoms with van der Waals surface area (Å²) in [6.07, 6.45) is 1.39. The van der Waals surface area contributed by atoms with Gasteiger partial charge in [0.1, 0.15) is 12.2 Å². The maximum atomic E-state index is 12.0. The average Bonchev–Trinajstić information content (AvgIpc) is 2.81. The lowest BCUT2D eigenvalue weighted by Crippen LogP contribution is -3.12. The Morgan fingerprint density at radius 1 is 1.24 bits per heavy atom. The zero-order valence-corrected chi connectivity index (χ0v) is 9.77. The van der Waals surface area contributed by atoms with Crippen molar-refractivity contribution in [1.82, 2.24) is 4.90 Å². The Balaban J connectivity index is 1.95. The fourth-order valence-corrected chi connectivity index (χ4v) is 2.74. The topological polar surface area (TPSA) is 41.8 Å². The van der Waals surface area contributed by atoms with E-state index in [1.54, 1.807) is 4.90 Å². The number of amides is 2. The summed E-state index contributed by atoms with van der Waals surface area (Å²) in [6.45, 7) is 2.29. The summed E-state index contributed by atoms with van der Waals surface area (Å²) in [4.78, 5) is 26.1. The van der Waals surface area contributed by atoms with Gasteiger partial charge in [0, 0.05) is 12.8 Å². The van der Waals surface area contributed by atoms with E-state index in [4.69, 9.17) is 0 Å². The molecule has 2 unspecified atom stereocenters. The number of benzene rings is 1. The van der Waals surface area contributed by atoms with Crippen molar-refractivity contribution in [3.8, 4) is 0 Å². The van der Waals surface area contributed by atoms with Crippen LogP contribution in [0.5, 0.6) is 0 Å². The van der Waals surface area contributed by atoms with Crippen molar-refractivity contribution in [2.45, 2.75) is 25.9 Å². The molecule has 0 bridgehead atoms. The second kappa shape index (κ2) is 3.67. The van der Waals surface area contributed by atoms with Gasteiger partial charge in [-0.05, 0) is 19.1 Å². The lowest BCUT2D eigenvalue weighted by atomic mass is 10.2. The Morgan fingerprint density at radius 3 is 2.65 bits per heavy atom. The molecule has 1 aromatic rings. The molecule has 88 valence electrons. The van der Waals surface area contributed by atoms with Crippen LogP contribution in [0.25, 0.3) is 0 Å². The molecule has 0 spiro atoms. The molecule has 4 nitrogen and oxygen atoms in total. The number of hydrogen-bond donors (Lipinski definition) is 1. The van der Waals surface area contributed by atoms with E-state index in [-0.39, 0.29) is 24.5 Å². The standard InChI is InChI=1S/C13H14N2O2/c1-9-2-4-10(5-3-9)15-11-6-7-12(16)14(11)8-13(15)17/h2-5,11H,6-8H2,1H3/p+1. The highest BCUT2D eigenvalue weighted by Crippen LogP contribution is 2.19. The summed E-state index contributed by atoms with van der Waals surface area (Å²) in [5, 5.41) is 0. The lowest BCUT2D eigenvalue weighted by Gasteiger charge is -2.18. The molecule has 2 fully saturated rings. The number of aryl methyl sites for hydroxylation is 1. The molecule has 2 heterocycles. The highest BCUT2D eigenvalue weighted by molar-refractivity contribution is 5.86. The SMILES string of the molecule is Cc1ccc([NH+]2C(=O)CN3C(=O)CCC32)cc1. The minimum Gasteiger partial charge on any atom is -0.279 e. The third-order valence-electron chi connectivity index (χ3n) is 3.64. The fourth-order valence-electron chi connectivity index (χ4n) is 2.74. The van der Waals surface area contributed by atoms with E-state index in [0.717, 1.165) is 17.0 Å². The van der Waals surface area contributed by atoms with Gasteiger partial charge in [0.05, 0.1) is 0 Å². The van der Waals surface area contributed by atoms with Crippen molar-refractivity contribution >= 4 is 17.5 Å². The van der Waals surface area contributed by atoms with Crippen LogP contribution in [0.15, 0.2) is 24.3 Å². The minimum absolute atomic E-state index is 0.0257. The average molecular weight is 231 g/mol. The molecule has 1 N–H and O–H groups in total. The molecule has 0 saturated carbocycles. The van der Waals surface area contributed by atoms with Crippen LogP contribution in [0.4, 0.5) is 5.69 Å². The summed E-state index contributed by atoms with van der Waals surface area (Å²) >= 11 is 0. The molecule has 4 heteroatoms. The molecule has 2 saturated heterocycles. The molecule has 2 atom stereocenters. The normalized spacial score (nSPS) is 27.7. The second-order valence-corrected chi connectivity index (χ2v) is 4.78. The first-order chi connectivity index (χ1) is 8.16. The van der Waals surface area contributed by atoms with Crippen molar-refractivity contribution < 1.29 is 14.5 Å². The van der Waals surface area contributed by atoms with Crippen molar-refractivity contribution in [3.05, 3.63) is 29.8 Å². The van der Waals surface area contributed by atoms with E-state index < -0.39 is 0 Å². The largest absolute Gasteiger partial charge is 0.338 e. The van der Waals surface area contributed by atoms with Crippen LogP contribution in [-0.2, 0) is 9.59 Å². The minimum atomic E-state index is 0.0257. The predicted molar refractivity (Wildman–Crippen MR) is 61.5 cm³/mol. The van der Waals surface area contributed by atoms with Crippen LogP contribution in [0.2, 0.25) is 0 Å². The Labute approximate surface area is 99.8 Å². The maximum Gasteiger partial charge on any atom is 0.338 e. The molecule has 2 aliphatic heterocycles. The van der Waals surface area contributed by atoms with E-state index >= 15 is 0 Å². The predicted octanol–water partition coefficient (Wildman–Crippen LogP) is 0.000120. The third kappa shape index (κ3) is 1.56. The van der Waals surface area contributed by atoms with E-state index in [1.807, 2.05) is 31.2 Å². The summed E-state index contributed by atoms with van der Waals surface area (Å²) in [5.74, 6) is 0.220. The van der Waals surface area contributed by atoms with Crippen LogP contribution in [0.1, 0.15) is 18.4 Å². The first kappa shape index (κ1) is 10.5. The molecule has 17 heavy (non-hydrogen) atoms. The van der Waals surface area contributed by atoms with Gasteiger partial charge in [-0.15, -0.1) is 0 Å². The van der Waals surface area contributed by atoms with Crippen LogP contribution < -0.4 is 4.90 Å². The highest BCUT2D eigenvalue weighted by Gasteiger charge is 2.49. The van der Waals surface area contributed by atoms with Gasteiger partial charge in [-0.3, -0.25) is 9.69 Å². The summed E-state index contributed by atoms with van der Waals surface area (Å²) in [7, 11) is 0. The molecule has 2 aliphatic rings. The number of quaternary nitrogens is 1. The Bertz CT molecular complexity index is 481. The molecule has 0 radical (unpaired) electrons. The monoisotopic (exact) mass is 231 g/mol. The van der Waals surface area contributed by atoms with Gasteiger partial charge < -0.3 is 0 Å². The Hall–Kier alpha value is -1.68. The Morgan fingerprint density at radius 2 is 1.94 bits per heavy atom. The van der Waals surface area contributed by atoms with E-state index in [2.05, 4.69) is 0 Å². The summed E-state index contributed by atoms with van der Waals surface area (Å²) in [5.41, 5.74) is 2.15. The molecular formula is C13H15N2O2+. The van der Waals surface area contributed by atoms with Crippen molar-refractivity contribution in [2.24, 2.45) is 0 Å². The van der Waals surface area contributed by atoms with E-state index in [9.17, 15) is 9.59 Å². The highest BCUT2D eigenvalue weighted by atomic mass is 16.2. The first-order valence-corrected chi connectivity index (χ1v) is 5.93. The molecule has 1 aromatic carbocycles.